The van der Waals surface area contributed by atoms with Crippen molar-refractivity contribution in [2.45, 2.75) is 26.7 Å². The molecule has 3 atom stereocenters. The molecule has 72 valence electrons. The Bertz CT molecular complexity index is 224. The van der Waals surface area contributed by atoms with Gasteiger partial charge in [-0.2, -0.15) is 0 Å². The van der Waals surface area contributed by atoms with Gasteiger partial charge in [0.05, 0.1) is 0 Å². The van der Waals surface area contributed by atoms with Crippen LogP contribution < -0.4 is 0 Å². The van der Waals surface area contributed by atoms with Crippen LogP contribution in [0.4, 0.5) is 0 Å². The highest BCUT2D eigenvalue weighted by atomic mass is 14.4. The van der Waals surface area contributed by atoms with Gasteiger partial charge in [0.2, 0.25) is 0 Å². The summed E-state index contributed by atoms with van der Waals surface area (Å²) in [6, 6.07) is 0. The summed E-state index contributed by atoms with van der Waals surface area (Å²) in [6.45, 7) is 12.4. The summed E-state index contributed by atoms with van der Waals surface area (Å²) in [7, 11) is 0. The molecule has 13 heavy (non-hydrogen) atoms. The molecular formula is C13H20. The van der Waals surface area contributed by atoms with Gasteiger partial charge in [-0.15, -0.1) is 13.2 Å². The molecule has 0 aliphatic heterocycles. The first kappa shape index (κ1) is 10.3. The van der Waals surface area contributed by atoms with Crippen molar-refractivity contribution in [3.8, 4) is 0 Å². The Labute approximate surface area is 82.0 Å². The Kier molecular flexibility index (Phi) is 3.13. The maximum Gasteiger partial charge on any atom is -0.00550 e. The van der Waals surface area contributed by atoms with E-state index in [1.54, 1.807) is 0 Å². The van der Waals surface area contributed by atoms with Crippen molar-refractivity contribution in [1.29, 1.82) is 0 Å². The van der Waals surface area contributed by atoms with Crippen LogP contribution in [-0.4, -0.2) is 0 Å². The van der Waals surface area contributed by atoms with Gasteiger partial charge >= 0.3 is 0 Å². The molecule has 0 fully saturated rings. The zero-order valence-electron chi connectivity index (χ0n) is 8.79. The molecule has 1 rings (SSSR count). The van der Waals surface area contributed by atoms with E-state index in [4.69, 9.17) is 0 Å². The fourth-order valence-corrected chi connectivity index (χ4v) is 2.14. The van der Waals surface area contributed by atoms with E-state index >= 15 is 0 Å². The molecule has 0 N–H and O–H groups in total. The molecule has 0 heteroatoms. The zero-order valence-corrected chi connectivity index (χ0v) is 8.79. The van der Waals surface area contributed by atoms with Gasteiger partial charge in [-0.1, -0.05) is 38.2 Å². The van der Waals surface area contributed by atoms with Crippen molar-refractivity contribution in [2.24, 2.45) is 17.3 Å². The molecule has 0 aromatic rings. The largest absolute Gasteiger partial charge is 0.103 e. The van der Waals surface area contributed by atoms with Crippen LogP contribution in [0.3, 0.4) is 0 Å². The van der Waals surface area contributed by atoms with E-state index in [0.717, 1.165) is 6.42 Å². The van der Waals surface area contributed by atoms with Gasteiger partial charge in [-0.05, 0) is 30.1 Å². The lowest BCUT2D eigenvalue weighted by Crippen LogP contribution is -2.33. The molecule has 0 saturated carbocycles. The van der Waals surface area contributed by atoms with Crippen molar-refractivity contribution in [2.75, 3.05) is 0 Å². The Balaban J connectivity index is 2.90. The fourth-order valence-electron chi connectivity index (χ4n) is 2.14. The maximum atomic E-state index is 3.97. The first-order valence-electron chi connectivity index (χ1n) is 5.06. The highest BCUT2D eigenvalue weighted by Crippen LogP contribution is 2.44. The number of hydrogen-bond acceptors (Lipinski definition) is 0. The van der Waals surface area contributed by atoms with E-state index in [9.17, 15) is 0 Å². The smallest absolute Gasteiger partial charge is 0.00550 e. The lowest BCUT2D eigenvalue weighted by atomic mass is 9.63. The Morgan fingerprint density at radius 3 is 2.77 bits per heavy atom. The van der Waals surface area contributed by atoms with Gasteiger partial charge in [0, 0.05) is 0 Å². The van der Waals surface area contributed by atoms with E-state index < -0.39 is 0 Å². The van der Waals surface area contributed by atoms with Crippen molar-refractivity contribution < 1.29 is 0 Å². The van der Waals surface area contributed by atoms with Crippen LogP contribution in [0.5, 0.6) is 0 Å². The molecule has 0 saturated heterocycles. The molecule has 0 radical (unpaired) electrons. The molecule has 0 aromatic heterocycles. The SMILES string of the molecule is C=CC[C@@H]1C=CCC(C)C1(C)C=C. The topological polar surface area (TPSA) is 0 Å². The summed E-state index contributed by atoms with van der Waals surface area (Å²) < 4.78 is 0. The van der Waals surface area contributed by atoms with E-state index in [2.05, 4.69) is 45.2 Å². The Hall–Kier alpha value is -0.780. The molecule has 0 aromatic carbocycles. The minimum absolute atomic E-state index is 0.253. The van der Waals surface area contributed by atoms with Crippen LogP contribution in [0.1, 0.15) is 26.7 Å². The average molecular weight is 176 g/mol. The number of allylic oxidation sites excluding steroid dienone is 4. The van der Waals surface area contributed by atoms with Crippen molar-refractivity contribution in [1.82, 2.24) is 0 Å². The summed E-state index contributed by atoms with van der Waals surface area (Å²) in [4.78, 5) is 0. The van der Waals surface area contributed by atoms with Crippen LogP contribution in [0.15, 0.2) is 37.5 Å². The van der Waals surface area contributed by atoms with Gasteiger partial charge in [0.1, 0.15) is 0 Å². The van der Waals surface area contributed by atoms with Crippen LogP contribution >= 0.6 is 0 Å². The third-order valence-corrected chi connectivity index (χ3v) is 3.58. The molecule has 0 spiro atoms. The Morgan fingerprint density at radius 1 is 1.54 bits per heavy atom. The first-order valence-corrected chi connectivity index (χ1v) is 5.06. The first-order chi connectivity index (χ1) is 6.15. The summed E-state index contributed by atoms with van der Waals surface area (Å²) in [5.74, 6) is 1.28. The predicted molar refractivity (Wildman–Crippen MR) is 59.5 cm³/mol. The van der Waals surface area contributed by atoms with Crippen LogP contribution in [0.2, 0.25) is 0 Å². The molecule has 1 aliphatic rings. The Morgan fingerprint density at radius 2 is 2.23 bits per heavy atom. The highest BCUT2D eigenvalue weighted by Gasteiger charge is 2.35. The summed E-state index contributed by atoms with van der Waals surface area (Å²) in [5.41, 5.74) is 0.253. The third-order valence-electron chi connectivity index (χ3n) is 3.58. The predicted octanol–water partition coefficient (Wildman–Crippen LogP) is 3.97. The van der Waals surface area contributed by atoms with Crippen LogP contribution in [-0.2, 0) is 0 Å². The molecule has 0 nitrogen and oxygen atoms in total. The monoisotopic (exact) mass is 176 g/mol. The number of rotatable bonds is 3. The molecule has 2 unspecified atom stereocenters. The standard InChI is InChI=1S/C13H20/c1-5-8-12-10-7-9-11(3)13(12,4)6-2/h5-7,10-12H,1-2,8-9H2,3-4H3/t11?,12-,13?/m1/s1. The number of hydrogen-bond donors (Lipinski definition) is 0. The van der Waals surface area contributed by atoms with Crippen molar-refractivity contribution >= 4 is 0 Å². The summed E-state index contributed by atoms with van der Waals surface area (Å²) >= 11 is 0. The summed E-state index contributed by atoms with van der Waals surface area (Å²) in [5, 5.41) is 0. The van der Waals surface area contributed by atoms with Gasteiger partial charge in [0.15, 0.2) is 0 Å². The third kappa shape index (κ3) is 1.77. The van der Waals surface area contributed by atoms with E-state index in [-0.39, 0.29) is 5.41 Å². The van der Waals surface area contributed by atoms with Gasteiger partial charge in [-0.3, -0.25) is 0 Å². The average Bonchev–Trinajstić information content (AvgIpc) is 2.13. The zero-order chi connectivity index (χ0) is 9.90. The quantitative estimate of drug-likeness (QED) is 0.571. The normalized spacial score (nSPS) is 38.6. The fraction of sp³-hybridized carbons (Fsp3) is 0.538. The van der Waals surface area contributed by atoms with E-state index in [0.29, 0.717) is 11.8 Å². The second-order valence-corrected chi connectivity index (χ2v) is 4.27. The minimum Gasteiger partial charge on any atom is -0.103 e. The molecule has 0 bridgehead atoms. The van der Waals surface area contributed by atoms with E-state index in [1.807, 2.05) is 6.08 Å². The highest BCUT2D eigenvalue weighted by molar-refractivity contribution is 5.12. The van der Waals surface area contributed by atoms with Gasteiger partial charge in [-0.25, -0.2) is 0 Å². The summed E-state index contributed by atoms with van der Waals surface area (Å²) in [6.07, 6.45) is 11.0. The molecule has 0 amide bonds. The van der Waals surface area contributed by atoms with E-state index in [1.165, 1.54) is 6.42 Å². The van der Waals surface area contributed by atoms with Crippen molar-refractivity contribution in [3.05, 3.63) is 37.5 Å². The lowest BCUT2D eigenvalue weighted by Gasteiger charge is -2.41. The lowest BCUT2D eigenvalue weighted by molar-refractivity contribution is 0.189. The molecule has 1 aliphatic carbocycles. The minimum atomic E-state index is 0.253. The second-order valence-electron chi connectivity index (χ2n) is 4.27. The maximum absolute atomic E-state index is 3.97. The van der Waals surface area contributed by atoms with Crippen LogP contribution in [0.25, 0.3) is 0 Å². The van der Waals surface area contributed by atoms with Gasteiger partial charge < -0.3 is 0 Å². The van der Waals surface area contributed by atoms with Gasteiger partial charge in [0.25, 0.3) is 0 Å². The molecule has 0 heterocycles. The molecular weight excluding hydrogens is 156 g/mol. The second kappa shape index (κ2) is 3.95. The van der Waals surface area contributed by atoms with Crippen LogP contribution in [0, 0.1) is 17.3 Å². The van der Waals surface area contributed by atoms with Crippen molar-refractivity contribution in [3.63, 3.8) is 0 Å².